The largest absolute Gasteiger partial charge is 0.465 e. The van der Waals surface area contributed by atoms with E-state index in [0.717, 1.165) is 44.9 Å². The standard InChI is InChI=1S/C16H30N2O3/c1-14-16(20)21-12-10-8-6-4-2-3-5-7-9-11-15(19)18-13-17-14/h14,17H,2-13H2,1H3,(H,18,19)/i1D3. The van der Waals surface area contributed by atoms with Gasteiger partial charge in [0.05, 0.1) is 13.3 Å². The zero-order valence-corrected chi connectivity index (χ0v) is 12.8. The number of ether oxygens (including phenoxy) is 1. The van der Waals surface area contributed by atoms with Crippen LogP contribution >= 0.6 is 0 Å². The molecule has 5 heteroatoms. The number of carbonyl (C=O) groups excluding carboxylic acids is 2. The highest BCUT2D eigenvalue weighted by Gasteiger charge is 2.13. The zero-order chi connectivity index (χ0) is 17.8. The van der Waals surface area contributed by atoms with Gasteiger partial charge in [-0.2, -0.15) is 0 Å². The highest BCUT2D eigenvalue weighted by molar-refractivity contribution is 5.76. The van der Waals surface area contributed by atoms with E-state index in [1.807, 2.05) is 0 Å². The monoisotopic (exact) mass is 301 g/mol. The van der Waals surface area contributed by atoms with Gasteiger partial charge in [0.1, 0.15) is 6.04 Å². The lowest BCUT2D eigenvalue weighted by molar-refractivity contribution is -0.146. The second kappa shape index (κ2) is 11.5. The third kappa shape index (κ3) is 9.45. The van der Waals surface area contributed by atoms with Crippen molar-refractivity contribution in [1.82, 2.24) is 10.6 Å². The minimum absolute atomic E-state index is 0.0585. The number of nitrogens with one attached hydrogen (secondary N) is 2. The van der Waals surface area contributed by atoms with E-state index >= 15 is 0 Å². The SMILES string of the molecule is [2H]C([2H])([2H])C1NCNC(=O)CCCCCCCCCCCOC1=O. The highest BCUT2D eigenvalue weighted by atomic mass is 16.5. The number of hydrogen-bond donors (Lipinski definition) is 2. The fourth-order valence-electron chi connectivity index (χ4n) is 2.30. The Morgan fingerprint density at radius 3 is 2.29 bits per heavy atom. The fraction of sp³-hybridized carbons (Fsp3) is 0.875. The van der Waals surface area contributed by atoms with Crippen LogP contribution in [0, 0.1) is 0 Å². The van der Waals surface area contributed by atoms with Crippen molar-refractivity contribution in [3.63, 3.8) is 0 Å². The topological polar surface area (TPSA) is 67.4 Å². The van der Waals surface area contributed by atoms with Gasteiger partial charge in [0.15, 0.2) is 0 Å². The van der Waals surface area contributed by atoms with Crippen molar-refractivity contribution in [2.45, 2.75) is 77.1 Å². The van der Waals surface area contributed by atoms with E-state index < -0.39 is 18.9 Å². The molecule has 0 aromatic carbocycles. The molecule has 1 fully saturated rings. The van der Waals surface area contributed by atoms with Gasteiger partial charge in [-0.1, -0.05) is 44.9 Å². The molecular formula is C16H30N2O3. The summed E-state index contributed by atoms with van der Waals surface area (Å²) < 4.78 is 27.4. The van der Waals surface area contributed by atoms with Crippen LogP contribution in [0.1, 0.15) is 75.2 Å². The van der Waals surface area contributed by atoms with Gasteiger partial charge in [0.2, 0.25) is 5.91 Å². The molecule has 0 radical (unpaired) electrons. The summed E-state index contributed by atoms with van der Waals surface area (Å²) in [7, 11) is 0. The normalized spacial score (nSPS) is 28.0. The van der Waals surface area contributed by atoms with Crippen molar-refractivity contribution in [3.05, 3.63) is 0 Å². The first-order chi connectivity index (χ1) is 11.4. The van der Waals surface area contributed by atoms with Gasteiger partial charge in [-0.05, 0) is 19.7 Å². The molecule has 1 unspecified atom stereocenters. The van der Waals surface area contributed by atoms with Crippen LogP contribution in [0.15, 0.2) is 0 Å². The maximum Gasteiger partial charge on any atom is 0.322 e. The molecule has 0 saturated carbocycles. The van der Waals surface area contributed by atoms with E-state index in [9.17, 15) is 9.59 Å². The molecule has 0 aromatic rings. The quantitative estimate of drug-likeness (QED) is 0.675. The van der Waals surface area contributed by atoms with Crippen LogP contribution in [-0.2, 0) is 14.3 Å². The van der Waals surface area contributed by atoms with Gasteiger partial charge in [-0.25, -0.2) is 0 Å². The van der Waals surface area contributed by atoms with Gasteiger partial charge in [0.25, 0.3) is 0 Å². The predicted molar refractivity (Wildman–Crippen MR) is 82.7 cm³/mol. The molecule has 21 heavy (non-hydrogen) atoms. The molecular weight excluding hydrogens is 268 g/mol. The van der Waals surface area contributed by atoms with Crippen LogP contribution < -0.4 is 10.6 Å². The Bertz CT molecular complexity index is 389. The van der Waals surface area contributed by atoms with Crippen LogP contribution in [0.3, 0.4) is 0 Å². The Hall–Kier alpha value is -1.10. The third-order valence-electron chi connectivity index (χ3n) is 3.62. The Morgan fingerprint density at radius 1 is 1.00 bits per heavy atom. The number of cyclic esters (lactones) is 1. The van der Waals surface area contributed by atoms with E-state index in [2.05, 4.69) is 10.6 Å². The minimum Gasteiger partial charge on any atom is -0.465 e. The van der Waals surface area contributed by atoms with E-state index in [4.69, 9.17) is 8.85 Å². The summed E-state index contributed by atoms with van der Waals surface area (Å²) in [6.45, 7) is -2.33. The summed E-state index contributed by atoms with van der Waals surface area (Å²) in [5.41, 5.74) is 0. The maximum atomic E-state index is 12.0. The smallest absolute Gasteiger partial charge is 0.322 e. The first kappa shape index (κ1) is 13.6. The van der Waals surface area contributed by atoms with Crippen LogP contribution in [0.5, 0.6) is 0 Å². The van der Waals surface area contributed by atoms with Crippen LogP contribution in [0.2, 0.25) is 0 Å². The third-order valence-corrected chi connectivity index (χ3v) is 3.62. The van der Waals surface area contributed by atoms with E-state index in [1.54, 1.807) is 0 Å². The predicted octanol–water partition coefficient (Wildman–Crippen LogP) is 2.50. The fourth-order valence-corrected chi connectivity index (χ4v) is 2.30. The lowest BCUT2D eigenvalue weighted by Gasteiger charge is -2.14. The number of rotatable bonds is 0. The summed E-state index contributed by atoms with van der Waals surface area (Å²) in [5.74, 6) is -0.924. The number of carbonyl (C=O) groups is 2. The summed E-state index contributed by atoms with van der Waals surface area (Å²) in [6, 6.07) is -1.42. The van der Waals surface area contributed by atoms with Crippen molar-refractivity contribution in [3.8, 4) is 0 Å². The second-order valence-corrected chi connectivity index (χ2v) is 5.51. The second-order valence-electron chi connectivity index (χ2n) is 5.51. The average molecular weight is 301 g/mol. The van der Waals surface area contributed by atoms with Gasteiger partial charge in [0, 0.05) is 10.5 Å². The van der Waals surface area contributed by atoms with Crippen LogP contribution in [0.25, 0.3) is 0 Å². The molecule has 0 spiro atoms. The molecule has 2 N–H and O–H groups in total. The van der Waals surface area contributed by atoms with Crippen LogP contribution in [0.4, 0.5) is 0 Å². The number of hydrogen-bond acceptors (Lipinski definition) is 4. The van der Waals surface area contributed by atoms with Crippen LogP contribution in [-0.4, -0.2) is 31.2 Å². The van der Waals surface area contributed by atoms with E-state index in [-0.39, 0.29) is 19.2 Å². The summed E-state index contributed by atoms with van der Waals surface area (Å²) in [6.07, 6.45) is 9.80. The van der Waals surface area contributed by atoms with Gasteiger partial charge in [-0.3, -0.25) is 14.9 Å². The first-order valence-electron chi connectivity index (χ1n) is 9.58. The van der Waals surface area contributed by atoms with Crippen molar-refractivity contribution >= 4 is 11.9 Å². The zero-order valence-electron chi connectivity index (χ0n) is 15.8. The molecule has 1 heterocycles. The highest BCUT2D eigenvalue weighted by Crippen LogP contribution is 2.10. The van der Waals surface area contributed by atoms with E-state index in [1.165, 1.54) is 12.8 Å². The van der Waals surface area contributed by atoms with Gasteiger partial charge < -0.3 is 10.1 Å². The molecule has 1 rings (SSSR count). The Balaban J connectivity index is 2.52. The van der Waals surface area contributed by atoms with Crippen molar-refractivity contribution in [2.75, 3.05) is 13.3 Å². The lowest BCUT2D eigenvalue weighted by Crippen LogP contribution is -2.42. The lowest BCUT2D eigenvalue weighted by atomic mass is 10.1. The molecule has 122 valence electrons. The number of amides is 1. The molecule has 5 nitrogen and oxygen atoms in total. The average Bonchev–Trinajstić information content (AvgIpc) is 2.50. The number of esters is 1. The first-order valence-corrected chi connectivity index (χ1v) is 8.08. The summed E-state index contributed by atoms with van der Waals surface area (Å²) in [4.78, 5) is 23.7. The molecule has 1 aliphatic heterocycles. The summed E-state index contributed by atoms with van der Waals surface area (Å²) in [5, 5.41) is 5.18. The maximum absolute atomic E-state index is 12.0. The van der Waals surface area contributed by atoms with Crippen molar-refractivity contribution in [2.24, 2.45) is 0 Å². The Morgan fingerprint density at radius 2 is 1.62 bits per heavy atom. The van der Waals surface area contributed by atoms with E-state index in [0.29, 0.717) is 6.42 Å². The molecule has 1 amide bonds. The molecule has 1 atom stereocenters. The molecule has 0 aromatic heterocycles. The molecule has 0 aliphatic carbocycles. The van der Waals surface area contributed by atoms with Gasteiger partial charge >= 0.3 is 5.97 Å². The van der Waals surface area contributed by atoms with Crippen molar-refractivity contribution < 1.29 is 18.4 Å². The Labute approximate surface area is 132 Å². The molecule has 1 saturated heterocycles. The minimum atomic E-state index is -2.51. The Kier molecular flexibility index (Phi) is 7.45. The van der Waals surface area contributed by atoms with Crippen molar-refractivity contribution in [1.29, 1.82) is 0 Å². The van der Waals surface area contributed by atoms with Gasteiger partial charge in [-0.15, -0.1) is 0 Å². The molecule has 1 aliphatic rings. The summed E-state index contributed by atoms with van der Waals surface area (Å²) >= 11 is 0. The molecule has 0 bridgehead atoms.